The Hall–Kier alpha value is -6.84. The van der Waals surface area contributed by atoms with E-state index in [1.807, 2.05) is 12.1 Å². The summed E-state index contributed by atoms with van der Waals surface area (Å²) in [5.41, 5.74) is 10.4. The molecular formula is C66H80B2N5O10S2Si+. The molecule has 0 fully saturated rings. The smallest absolute Gasteiger partial charge is 0.423 e. The van der Waals surface area contributed by atoms with E-state index >= 15 is 0 Å². The van der Waals surface area contributed by atoms with E-state index in [0.717, 1.165) is 78.9 Å². The van der Waals surface area contributed by atoms with E-state index in [1.54, 1.807) is 13.8 Å². The summed E-state index contributed by atoms with van der Waals surface area (Å²) in [6.07, 6.45) is 10.9. The molecule has 8 rings (SSSR count). The summed E-state index contributed by atoms with van der Waals surface area (Å²) in [5.74, 6) is -0.318. The molecule has 450 valence electrons. The second-order valence-electron chi connectivity index (χ2n) is 24.0. The number of amides is 1. The van der Waals surface area contributed by atoms with Crippen LogP contribution in [0.25, 0.3) is 27.1 Å². The van der Waals surface area contributed by atoms with Crippen molar-refractivity contribution >= 4 is 108 Å². The lowest BCUT2D eigenvalue weighted by molar-refractivity contribution is -0.462. The third kappa shape index (κ3) is 14.6. The van der Waals surface area contributed by atoms with Crippen LogP contribution < -0.4 is 26.3 Å². The van der Waals surface area contributed by atoms with Crippen LogP contribution in [-0.4, -0.2) is 151 Å². The number of benzene rings is 6. The first kappa shape index (κ1) is 65.1. The highest BCUT2D eigenvalue weighted by Gasteiger charge is 2.41. The number of nitrogens with zero attached hydrogens (tertiary/aromatic N) is 4. The van der Waals surface area contributed by atoms with Crippen molar-refractivity contribution in [2.24, 2.45) is 0 Å². The predicted molar refractivity (Wildman–Crippen MR) is 353 cm³/mol. The van der Waals surface area contributed by atoms with Gasteiger partial charge in [-0.25, -0.2) is 21.4 Å². The zero-order chi connectivity index (χ0) is 62.7. The molecule has 6 aromatic rings. The molecule has 6 aromatic carbocycles. The van der Waals surface area contributed by atoms with E-state index in [-0.39, 0.29) is 52.0 Å². The third-order valence-corrected chi connectivity index (χ3v) is 22.3. The number of rotatable bonds is 25. The van der Waals surface area contributed by atoms with Crippen LogP contribution in [-0.2, 0) is 55.4 Å². The van der Waals surface area contributed by atoms with Crippen LogP contribution in [0, 0.1) is 0 Å². The van der Waals surface area contributed by atoms with Crippen LogP contribution in [0.15, 0.2) is 160 Å². The second-order valence-corrected chi connectivity index (χ2v) is 32.4. The molecule has 0 unspecified atom stereocenters. The number of sulfone groups is 2. The molecule has 0 saturated heterocycles. The number of hydrogen-bond acceptors (Lipinski definition) is 13. The Balaban J connectivity index is 1.41. The Kier molecular flexibility index (Phi) is 20.2. The Morgan fingerprint density at radius 2 is 1.20 bits per heavy atom. The van der Waals surface area contributed by atoms with Crippen LogP contribution in [0.3, 0.4) is 0 Å². The fourth-order valence-electron chi connectivity index (χ4n) is 11.8. The lowest BCUT2D eigenvalue weighted by Crippen LogP contribution is -2.49. The van der Waals surface area contributed by atoms with E-state index in [0.29, 0.717) is 74.1 Å². The van der Waals surface area contributed by atoms with Crippen molar-refractivity contribution in [3.63, 3.8) is 0 Å². The molecule has 0 spiro atoms. The zero-order valence-corrected chi connectivity index (χ0v) is 53.8. The average Bonchev–Trinajstić information content (AvgIpc) is 0.754. The van der Waals surface area contributed by atoms with Crippen molar-refractivity contribution in [2.75, 3.05) is 65.2 Å². The number of hydrogen-bond donors (Lipinski definition) is 5. The van der Waals surface area contributed by atoms with Gasteiger partial charge in [-0.3, -0.25) is 19.4 Å². The normalized spacial score (nSPS) is 13.9. The minimum atomic E-state index is -3.71. The number of ketones is 1. The molecule has 1 aliphatic carbocycles. The first-order valence-corrected chi connectivity index (χ1v) is 35.7. The van der Waals surface area contributed by atoms with E-state index < -0.39 is 42.0 Å². The van der Waals surface area contributed by atoms with Gasteiger partial charge in [0.25, 0.3) is 0 Å². The molecule has 0 aromatic heterocycles. The molecule has 1 heterocycles. The van der Waals surface area contributed by atoms with E-state index in [2.05, 4.69) is 146 Å². The number of carbonyl (C=O) groups excluding carboxylic acids is 2. The number of nitrogens with one attached hydrogen (secondary N) is 1. The van der Waals surface area contributed by atoms with Crippen molar-refractivity contribution in [1.29, 1.82) is 0 Å². The van der Waals surface area contributed by atoms with Gasteiger partial charge in [0.15, 0.2) is 31.2 Å². The summed E-state index contributed by atoms with van der Waals surface area (Å²) in [6, 6.07) is 30.1. The molecule has 2 aliphatic rings. The summed E-state index contributed by atoms with van der Waals surface area (Å²) in [4.78, 5) is 32.1. The van der Waals surface area contributed by atoms with E-state index in [1.165, 1.54) is 46.8 Å². The maximum absolute atomic E-state index is 13.1. The minimum absolute atomic E-state index is 0.0271. The Labute approximate surface area is 509 Å². The van der Waals surface area contributed by atoms with Gasteiger partial charge in [-0.2, -0.15) is 0 Å². The van der Waals surface area contributed by atoms with Crippen LogP contribution in [0.4, 0.5) is 5.69 Å². The van der Waals surface area contributed by atoms with Gasteiger partial charge in [0, 0.05) is 95.7 Å². The fourth-order valence-corrected chi connectivity index (χ4v) is 16.2. The van der Waals surface area contributed by atoms with Crippen molar-refractivity contribution in [3.05, 3.63) is 184 Å². The SMILES string of the molecule is C=C(C)C(=O)CCCCN(Cc1cc(S(C)(=O)=O)ccc1B(O)O)Cc1c2ccccc2c(CN(CCCNC(=O)C(=C)C)Cc2cc(S(C)(=O)=O)ccc2B(O)O)c2ccc(C3=C4C=CC(=[N+](C)C)C=C4[Si](C)(C)c4cc(N(C)C)ccc43)cc12. The maximum Gasteiger partial charge on any atom is 0.488 e. The Bertz CT molecular complexity index is 4070. The second kappa shape index (κ2) is 26.6. The van der Waals surface area contributed by atoms with Crippen LogP contribution in [0.2, 0.25) is 13.1 Å². The number of anilines is 1. The number of unbranched alkanes of at least 4 members (excludes halogenated alkanes) is 1. The highest BCUT2D eigenvalue weighted by Crippen LogP contribution is 2.44. The molecule has 0 atom stereocenters. The van der Waals surface area contributed by atoms with Crippen LogP contribution in [0.1, 0.15) is 72.9 Å². The standard InChI is InChI=1S/C66H79B2N5O10S2Si/c1-43(2)62(74)20-15-16-32-72(39-46-34-50(84(9,80)81)24-29-60(46)67(76)77)42-59-53-19-14-13-18-52(53)58(41-73(33-17-31-69-66(75)44(3)4)40-47-35-51(85(10,82)83)25-30-61(47)68(78)79)54-26-21-45(36-57(54)59)65-55-27-22-48(70(5)6)37-63(55)86(11,12)64-38-49(71(7)8)23-28-56(64)65/h13-14,18-19,21-30,34-38,76-79H,1,3,15-17,20,31-33,39-42H2,2,4-12H3/p+1. The van der Waals surface area contributed by atoms with E-state index in [4.69, 9.17) is 0 Å². The van der Waals surface area contributed by atoms with Gasteiger partial charge in [0.2, 0.25) is 5.91 Å². The molecule has 20 heteroatoms. The van der Waals surface area contributed by atoms with Crippen molar-refractivity contribution in [1.82, 2.24) is 15.1 Å². The molecule has 0 radical (unpaired) electrons. The number of Topliss-reactive ketones (excluding diaryl/α,β-unsaturated/α-hetero) is 1. The Morgan fingerprint density at radius 3 is 1.71 bits per heavy atom. The molecule has 15 nitrogen and oxygen atoms in total. The summed E-state index contributed by atoms with van der Waals surface area (Å²) >= 11 is 0. The molecule has 0 bridgehead atoms. The van der Waals surface area contributed by atoms with Gasteiger partial charge in [0.1, 0.15) is 22.2 Å². The van der Waals surface area contributed by atoms with Gasteiger partial charge in [-0.15, -0.1) is 0 Å². The largest absolute Gasteiger partial charge is 0.488 e. The minimum Gasteiger partial charge on any atom is -0.423 e. The lowest BCUT2D eigenvalue weighted by Gasteiger charge is -2.38. The molecule has 1 aliphatic heterocycles. The summed E-state index contributed by atoms with van der Waals surface area (Å²) < 4.78 is 54.4. The van der Waals surface area contributed by atoms with Gasteiger partial charge < -0.3 is 30.3 Å². The number of fused-ring (bicyclic) bond motifs is 4. The van der Waals surface area contributed by atoms with Crippen LogP contribution >= 0.6 is 0 Å². The highest BCUT2D eigenvalue weighted by atomic mass is 32.2. The van der Waals surface area contributed by atoms with Crippen molar-refractivity contribution in [3.8, 4) is 0 Å². The van der Waals surface area contributed by atoms with Gasteiger partial charge >= 0.3 is 14.2 Å². The fraction of sp³-hybridized carbons (Fsp3) is 0.318. The number of allylic oxidation sites excluding steroid dienone is 6. The summed E-state index contributed by atoms with van der Waals surface area (Å²) in [7, 11) is -5.38. The Morgan fingerprint density at radius 1 is 0.651 bits per heavy atom. The number of carbonyl (C=O) groups is 2. The van der Waals surface area contributed by atoms with Gasteiger partial charge in [0.05, 0.1) is 9.79 Å². The first-order chi connectivity index (χ1) is 40.5. The van der Waals surface area contributed by atoms with Crippen molar-refractivity contribution < 1.29 is 51.1 Å². The maximum atomic E-state index is 13.1. The molecule has 5 N–H and O–H groups in total. The van der Waals surface area contributed by atoms with E-state index in [9.17, 15) is 46.5 Å². The highest BCUT2D eigenvalue weighted by molar-refractivity contribution is 7.91. The van der Waals surface area contributed by atoms with Gasteiger partial charge in [-0.05, 0) is 181 Å². The summed E-state index contributed by atoms with van der Waals surface area (Å²) in [5, 5.41) is 52.2. The topological polar surface area (TPSA) is 208 Å². The zero-order valence-electron chi connectivity index (χ0n) is 51.2. The molecule has 0 saturated carbocycles. The monoisotopic (exact) mass is 1220 g/mol. The van der Waals surface area contributed by atoms with Crippen molar-refractivity contribution in [2.45, 2.75) is 88.6 Å². The third-order valence-electron chi connectivity index (χ3n) is 16.6. The molecular weight excluding hydrogens is 1140 g/mol. The van der Waals surface area contributed by atoms with Crippen LogP contribution in [0.5, 0.6) is 0 Å². The average molecular weight is 1220 g/mol. The quantitative estimate of drug-likeness (QED) is 0.0145. The van der Waals surface area contributed by atoms with Gasteiger partial charge in [-0.1, -0.05) is 80.8 Å². The summed E-state index contributed by atoms with van der Waals surface area (Å²) in [6.45, 7) is 17.7. The predicted octanol–water partition coefficient (Wildman–Crippen LogP) is 6.11. The molecule has 86 heavy (non-hydrogen) atoms. The lowest BCUT2D eigenvalue weighted by atomic mass is 9.77. The molecule has 1 amide bonds. The first-order valence-electron chi connectivity index (χ1n) is 28.9.